The second kappa shape index (κ2) is 7.11. The third kappa shape index (κ3) is 3.33. The van der Waals surface area contributed by atoms with Gasteiger partial charge in [0.2, 0.25) is 0 Å². The Kier molecular flexibility index (Phi) is 5.04. The molecule has 0 amide bonds. The summed E-state index contributed by atoms with van der Waals surface area (Å²) in [5.41, 5.74) is 0.322. The highest BCUT2D eigenvalue weighted by atomic mass is 16.6. The van der Waals surface area contributed by atoms with Gasteiger partial charge in [0.1, 0.15) is 23.1 Å². The Hall–Kier alpha value is -2.35. The van der Waals surface area contributed by atoms with E-state index in [1.165, 1.54) is 19.2 Å². The first-order valence-electron chi connectivity index (χ1n) is 8.78. The third-order valence-corrected chi connectivity index (χ3v) is 5.52. The minimum absolute atomic E-state index is 0.0936. The van der Waals surface area contributed by atoms with Crippen LogP contribution in [-0.2, 0) is 4.74 Å². The first-order valence-corrected chi connectivity index (χ1v) is 8.78. The van der Waals surface area contributed by atoms with Gasteiger partial charge in [-0.2, -0.15) is 0 Å². The zero-order valence-electron chi connectivity index (χ0n) is 15.6. The summed E-state index contributed by atoms with van der Waals surface area (Å²) in [4.78, 5) is 27.6. The van der Waals surface area contributed by atoms with E-state index in [1.54, 1.807) is 19.0 Å². The van der Waals surface area contributed by atoms with E-state index >= 15 is 0 Å². The van der Waals surface area contributed by atoms with E-state index in [1.807, 2.05) is 0 Å². The average Bonchev–Trinajstić information content (AvgIpc) is 2.81. The number of nitro benzene ring substituents is 1. The van der Waals surface area contributed by atoms with E-state index in [4.69, 9.17) is 9.47 Å². The van der Waals surface area contributed by atoms with Gasteiger partial charge in [0.25, 0.3) is 5.69 Å². The Bertz CT molecular complexity index is 707. The maximum Gasteiger partial charge on any atom is 0.342 e. The molecule has 2 aliphatic rings. The molecule has 0 N–H and O–H groups in total. The summed E-state index contributed by atoms with van der Waals surface area (Å²) >= 11 is 0. The fourth-order valence-electron chi connectivity index (χ4n) is 4.06. The lowest BCUT2D eigenvalue weighted by atomic mass is 10.0. The number of carbonyl (C=O) groups excluding carboxylic acids is 1. The van der Waals surface area contributed by atoms with Crippen LogP contribution in [-0.4, -0.2) is 62.2 Å². The van der Waals surface area contributed by atoms with Crippen molar-refractivity contribution in [3.8, 4) is 5.75 Å². The van der Waals surface area contributed by atoms with Crippen molar-refractivity contribution < 1.29 is 19.2 Å². The molecular weight excluding hydrogens is 338 g/mol. The molecule has 1 aromatic carbocycles. The Morgan fingerprint density at radius 1 is 1.27 bits per heavy atom. The molecule has 2 unspecified atom stereocenters. The fourth-order valence-corrected chi connectivity index (χ4v) is 4.06. The van der Waals surface area contributed by atoms with Gasteiger partial charge >= 0.3 is 5.97 Å². The summed E-state index contributed by atoms with van der Waals surface area (Å²) in [7, 11) is 6.96. The molecular formula is C18H25N3O5. The Morgan fingerprint density at radius 3 is 2.38 bits per heavy atom. The smallest absolute Gasteiger partial charge is 0.342 e. The molecule has 2 bridgehead atoms. The van der Waals surface area contributed by atoms with Gasteiger partial charge in [0.15, 0.2) is 0 Å². The van der Waals surface area contributed by atoms with Crippen molar-refractivity contribution >= 4 is 17.3 Å². The van der Waals surface area contributed by atoms with Crippen LogP contribution in [0.3, 0.4) is 0 Å². The normalized spacial score (nSPS) is 25.0. The first-order chi connectivity index (χ1) is 12.3. The summed E-state index contributed by atoms with van der Waals surface area (Å²) in [5.74, 6) is -0.288. The number of benzene rings is 1. The Morgan fingerprint density at radius 2 is 1.88 bits per heavy atom. The number of hydrogen-bond donors (Lipinski definition) is 0. The number of piperidine rings is 1. The molecule has 26 heavy (non-hydrogen) atoms. The summed E-state index contributed by atoms with van der Waals surface area (Å²) in [6.07, 6.45) is 3.70. The second-order valence-electron chi connectivity index (χ2n) is 7.24. The molecule has 0 aliphatic carbocycles. The highest BCUT2D eigenvalue weighted by Gasteiger charge is 2.40. The molecule has 1 aromatic rings. The second-order valence-corrected chi connectivity index (χ2v) is 7.24. The van der Waals surface area contributed by atoms with Crippen molar-refractivity contribution in [2.24, 2.45) is 0 Å². The molecule has 0 saturated carbocycles. The van der Waals surface area contributed by atoms with Crippen LogP contribution in [0, 0.1) is 10.1 Å². The molecule has 8 heteroatoms. The molecule has 2 atom stereocenters. The number of rotatable bonds is 5. The van der Waals surface area contributed by atoms with Gasteiger partial charge in [0, 0.05) is 51.2 Å². The third-order valence-electron chi connectivity index (χ3n) is 5.52. The molecule has 2 fully saturated rings. The number of carbonyl (C=O) groups is 1. The highest BCUT2D eigenvalue weighted by Crippen LogP contribution is 2.38. The van der Waals surface area contributed by atoms with Crippen LogP contribution >= 0.6 is 0 Å². The lowest BCUT2D eigenvalue weighted by Gasteiger charge is -2.35. The van der Waals surface area contributed by atoms with Crippen molar-refractivity contribution in [1.29, 1.82) is 0 Å². The molecule has 2 heterocycles. The predicted molar refractivity (Wildman–Crippen MR) is 97.0 cm³/mol. The number of ether oxygens (including phenoxy) is 2. The van der Waals surface area contributed by atoms with Crippen LogP contribution in [0.15, 0.2) is 12.1 Å². The molecule has 2 aliphatic heterocycles. The van der Waals surface area contributed by atoms with Crippen LogP contribution in [0.25, 0.3) is 0 Å². The lowest BCUT2D eigenvalue weighted by Crippen LogP contribution is -2.43. The average molecular weight is 363 g/mol. The van der Waals surface area contributed by atoms with E-state index in [-0.39, 0.29) is 23.1 Å². The number of nitro groups is 1. The zero-order valence-corrected chi connectivity index (χ0v) is 15.6. The standard InChI is InChI=1S/C18H25N3O5/c1-19(2)15-10-17(25-4)14(9-16(15)21(23)24)18(22)26-13-7-11-5-6-12(8-13)20(11)3/h9-13H,5-8H2,1-4H3. The SMILES string of the molecule is COc1cc(N(C)C)c([N+](=O)[O-])cc1C(=O)OC1CC2CCC(C1)N2C. The molecule has 0 aromatic heterocycles. The molecule has 0 spiro atoms. The number of esters is 1. The summed E-state index contributed by atoms with van der Waals surface area (Å²) in [6, 6.07) is 3.64. The topological polar surface area (TPSA) is 85.2 Å². The largest absolute Gasteiger partial charge is 0.496 e. The minimum Gasteiger partial charge on any atom is -0.496 e. The summed E-state index contributed by atoms with van der Waals surface area (Å²) in [5, 5.41) is 11.4. The maximum atomic E-state index is 12.7. The van der Waals surface area contributed by atoms with E-state index in [0.717, 1.165) is 25.7 Å². The van der Waals surface area contributed by atoms with Crippen LogP contribution in [0.5, 0.6) is 5.75 Å². The Labute approximate surface area is 152 Å². The monoisotopic (exact) mass is 363 g/mol. The number of methoxy groups -OCH3 is 1. The van der Waals surface area contributed by atoms with E-state index in [0.29, 0.717) is 17.8 Å². The predicted octanol–water partition coefficient (Wildman–Crippen LogP) is 2.45. The minimum atomic E-state index is -0.566. The number of anilines is 1. The van der Waals surface area contributed by atoms with Gasteiger partial charge in [-0.25, -0.2) is 4.79 Å². The van der Waals surface area contributed by atoms with Gasteiger partial charge in [0.05, 0.1) is 12.0 Å². The Balaban J connectivity index is 1.84. The number of nitrogens with zero attached hydrogens (tertiary/aromatic N) is 3. The van der Waals surface area contributed by atoms with Crippen molar-refractivity contribution in [3.05, 3.63) is 27.8 Å². The summed E-state index contributed by atoms with van der Waals surface area (Å²) < 4.78 is 11.0. The lowest BCUT2D eigenvalue weighted by molar-refractivity contribution is -0.384. The fraction of sp³-hybridized carbons (Fsp3) is 0.611. The quantitative estimate of drug-likeness (QED) is 0.451. The molecule has 2 saturated heterocycles. The molecule has 0 radical (unpaired) electrons. The zero-order chi connectivity index (χ0) is 19.0. The molecule has 8 nitrogen and oxygen atoms in total. The van der Waals surface area contributed by atoms with Crippen molar-refractivity contribution in [1.82, 2.24) is 4.90 Å². The van der Waals surface area contributed by atoms with Gasteiger partial charge in [-0.15, -0.1) is 0 Å². The summed E-state index contributed by atoms with van der Waals surface area (Å²) in [6.45, 7) is 0. The highest BCUT2D eigenvalue weighted by molar-refractivity contribution is 5.95. The van der Waals surface area contributed by atoms with Crippen LogP contribution < -0.4 is 9.64 Å². The van der Waals surface area contributed by atoms with E-state index in [2.05, 4.69) is 11.9 Å². The van der Waals surface area contributed by atoms with E-state index in [9.17, 15) is 14.9 Å². The van der Waals surface area contributed by atoms with Gasteiger partial charge < -0.3 is 19.3 Å². The van der Waals surface area contributed by atoms with Crippen LogP contribution in [0.4, 0.5) is 11.4 Å². The number of fused-ring (bicyclic) bond motifs is 2. The van der Waals surface area contributed by atoms with Gasteiger partial charge in [-0.3, -0.25) is 10.1 Å². The maximum absolute atomic E-state index is 12.7. The van der Waals surface area contributed by atoms with Gasteiger partial charge in [-0.1, -0.05) is 0 Å². The van der Waals surface area contributed by atoms with Gasteiger partial charge in [-0.05, 0) is 19.9 Å². The van der Waals surface area contributed by atoms with Crippen LogP contribution in [0.2, 0.25) is 0 Å². The van der Waals surface area contributed by atoms with Crippen molar-refractivity contribution in [2.45, 2.75) is 43.9 Å². The first kappa shape index (κ1) is 18.4. The number of hydrogen-bond acceptors (Lipinski definition) is 7. The van der Waals surface area contributed by atoms with E-state index < -0.39 is 10.9 Å². The molecule has 142 valence electrons. The van der Waals surface area contributed by atoms with Crippen molar-refractivity contribution in [3.63, 3.8) is 0 Å². The van der Waals surface area contributed by atoms with Crippen LogP contribution in [0.1, 0.15) is 36.0 Å². The molecule has 3 rings (SSSR count). The van der Waals surface area contributed by atoms with Crippen molar-refractivity contribution in [2.75, 3.05) is 33.2 Å².